The lowest BCUT2D eigenvalue weighted by molar-refractivity contribution is 0.0946. The molecule has 1 aromatic carbocycles. The fourth-order valence-electron chi connectivity index (χ4n) is 3.65. The molecule has 0 spiro atoms. The van der Waals surface area contributed by atoms with Crippen LogP contribution in [-0.4, -0.2) is 36.8 Å². The van der Waals surface area contributed by atoms with E-state index in [4.69, 9.17) is 9.26 Å². The number of para-hydroxylation sites is 2. The highest BCUT2D eigenvalue weighted by atomic mass is 16.5. The maximum atomic E-state index is 13.0. The van der Waals surface area contributed by atoms with Gasteiger partial charge in [-0.05, 0) is 43.5 Å². The number of nitrogens with zero attached hydrogens (tertiary/aromatic N) is 3. The molecule has 1 aromatic heterocycles. The Morgan fingerprint density at radius 2 is 2.17 bits per heavy atom. The van der Waals surface area contributed by atoms with Gasteiger partial charge in [-0.1, -0.05) is 12.1 Å². The Morgan fingerprint density at radius 1 is 1.33 bits per heavy atom. The molecule has 0 bridgehead atoms. The fraction of sp³-hybridized carbons (Fsp3) is 0.444. The quantitative estimate of drug-likeness (QED) is 0.867. The van der Waals surface area contributed by atoms with E-state index >= 15 is 0 Å². The minimum Gasteiger partial charge on any atom is -0.476 e. The monoisotopic (exact) mass is 327 g/mol. The predicted octanol–water partition coefficient (Wildman–Crippen LogP) is 3.09. The van der Waals surface area contributed by atoms with Gasteiger partial charge >= 0.3 is 0 Å². The van der Waals surface area contributed by atoms with Crippen molar-refractivity contribution >= 4 is 17.3 Å². The molecule has 0 unspecified atom stereocenters. The molecule has 2 aliphatic heterocycles. The normalized spacial score (nSPS) is 19.6. The van der Waals surface area contributed by atoms with Crippen LogP contribution in [0.4, 0.5) is 11.4 Å². The number of ether oxygens (including phenoxy) is 1. The Labute approximate surface area is 141 Å². The van der Waals surface area contributed by atoms with Gasteiger partial charge < -0.3 is 19.1 Å². The third-order valence-corrected chi connectivity index (χ3v) is 4.74. The summed E-state index contributed by atoms with van der Waals surface area (Å²) in [7, 11) is 0. The third kappa shape index (κ3) is 2.52. The lowest BCUT2D eigenvalue weighted by Crippen LogP contribution is -2.52. The summed E-state index contributed by atoms with van der Waals surface area (Å²) in [6.07, 6.45) is 3.53. The number of fused-ring (bicyclic) bond motifs is 3. The molecular formula is C18H21N3O3. The Balaban J connectivity index is 1.67. The van der Waals surface area contributed by atoms with Crippen molar-refractivity contribution < 1.29 is 14.1 Å². The van der Waals surface area contributed by atoms with Crippen LogP contribution in [0.25, 0.3) is 0 Å². The summed E-state index contributed by atoms with van der Waals surface area (Å²) >= 11 is 0. The molecule has 1 atom stereocenters. The van der Waals surface area contributed by atoms with Crippen LogP contribution in [0.15, 0.2) is 34.9 Å². The third-order valence-electron chi connectivity index (χ3n) is 4.74. The molecule has 24 heavy (non-hydrogen) atoms. The van der Waals surface area contributed by atoms with Gasteiger partial charge in [0.15, 0.2) is 0 Å². The van der Waals surface area contributed by atoms with Crippen LogP contribution in [0.3, 0.4) is 0 Å². The second-order valence-corrected chi connectivity index (χ2v) is 6.21. The highest BCUT2D eigenvalue weighted by molar-refractivity contribution is 6.07. The summed E-state index contributed by atoms with van der Waals surface area (Å²) in [6.45, 7) is 4.10. The fourth-order valence-corrected chi connectivity index (χ4v) is 3.65. The van der Waals surface area contributed by atoms with Crippen LogP contribution in [0, 0.1) is 0 Å². The molecule has 2 aliphatic rings. The number of hydrogen-bond donors (Lipinski definition) is 0. The molecule has 0 aliphatic carbocycles. The van der Waals surface area contributed by atoms with E-state index in [9.17, 15) is 4.79 Å². The van der Waals surface area contributed by atoms with Crippen molar-refractivity contribution in [3.63, 3.8) is 0 Å². The highest BCUT2D eigenvalue weighted by Crippen LogP contribution is 2.39. The van der Waals surface area contributed by atoms with Gasteiger partial charge in [0.05, 0.1) is 24.0 Å². The molecule has 4 rings (SSSR count). The molecule has 1 fully saturated rings. The first-order valence-corrected chi connectivity index (χ1v) is 8.55. The van der Waals surface area contributed by atoms with Gasteiger partial charge in [-0.25, -0.2) is 0 Å². The zero-order chi connectivity index (χ0) is 16.5. The van der Waals surface area contributed by atoms with Gasteiger partial charge in [-0.3, -0.25) is 4.79 Å². The number of rotatable bonds is 3. The second-order valence-electron chi connectivity index (χ2n) is 6.21. The number of piperidine rings is 1. The lowest BCUT2D eigenvalue weighted by Gasteiger charge is -2.46. The summed E-state index contributed by atoms with van der Waals surface area (Å²) in [5.74, 6) is 0.411. The average Bonchev–Trinajstić information content (AvgIpc) is 3.09. The predicted molar refractivity (Wildman–Crippen MR) is 90.8 cm³/mol. The Hall–Kier alpha value is -2.50. The summed E-state index contributed by atoms with van der Waals surface area (Å²) in [5.41, 5.74) is 2.07. The zero-order valence-electron chi connectivity index (χ0n) is 13.8. The van der Waals surface area contributed by atoms with Crippen molar-refractivity contribution in [1.82, 2.24) is 5.16 Å². The number of amides is 1. The van der Waals surface area contributed by atoms with Gasteiger partial charge in [-0.2, -0.15) is 0 Å². The van der Waals surface area contributed by atoms with Crippen LogP contribution >= 0.6 is 0 Å². The average molecular weight is 327 g/mol. The summed E-state index contributed by atoms with van der Waals surface area (Å²) < 4.78 is 10.5. The molecule has 0 saturated carbocycles. The molecule has 1 amide bonds. The van der Waals surface area contributed by atoms with E-state index in [0.29, 0.717) is 25.1 Å². The first-order valence-electron chi connectivity index (χ1n) is 8.55. The topological polar surface area (TPSA) is 58.8 Å². The van der Waals surface area contributed by atoms with Gasteiger partial charge in [-0.15, -0.1) is 0 Å². The van der Waals surface area contributed by atoms with Crippen molar-refractivity contribution in [2.24, 2.45) is 0 Å². The molecule has 2 aromatic rings. The Morgan fingerprint density at radius 3 is 3.00 bits per heavy atom. The lowest BCUT2D eigenvalue weighted by atomic mass is 9.97. The van der Waals surface area contributed by atoms with Crippen molar-refractivity contribution in [3.05, 3.63) is 36.1 Å². The second kappa shape index (κ2) is 6.19. The van der Waals surface area contributed by atoms with E-state index in [2.05, 4.69) is 16.1 Å². The summed E-state index contributed by atoms with van der Waals surface area (Å²) in [6, 6.07) is 10.0. The first kappa shape index (κ1) is 15.1. The first-order chi connectivity index (χ1) is 11.8. The van der Waals surface area contributed by atoms with E-state index in [-0.39, 0.29) is 11.7 Å². The smallest absolute Gasteiger partial charge is 0.297 e. The van der Waals surface area contributed by atoms with Crippen LogP contribution < -0.4 is 14.5 Å². The Bertz CT molecular complexity index is 743. The SMILES string of the molecule is CCOc1cc(C(=O)N2C[C@H]3CCCCN3c3ccccc32)on1. The van der Waals surface area contributed by atoms with Gasteiger partial charge in [0.2, 0.25) is 5.76 Å². The molecular weight excluding hydrogens is 306 g/mol. The molecule has 0 N–H and O–H groups in total. The van der Waals surface area contributed by atoms with E-state index in [1.54, 1.807) is 6.07 Å². The minimum atomic E-state index is -0.161. The number of anilines is 2. The van der Waals surface area contributed by atoms with Crippen molar-refractivity contribution in [1.29, 1.82) is 0 Å². The van der Waals surface area contributed by atoms with E-state index < -0.39 is 0 Å². The standard InChI is InChI=1S/C18H21N3O3/c1-2-23-17-11-16(24-19-17)18(22)21-12-13-7-5-6-10-20(13)14-8-3-4-9-15(14)21/h3-4,8-9,11,13H,2,5-7,10,12H2,1H3/t13-/m1/s1. The van der Waals surface area contributed by atoms with Crippen molar-refractivity contribution in [2.45, 2.75) is 32.2 Å². The molecule has 6 nitrogen and oxygen atoms in total. The van der Waals surface area contributed by atoms with Gasteiger partial charge in [0.25, 0.3) is 11.8 Å². The number of benzene rings is 1. The molecule has 6 heteroatoms. The van der Waals surface area contributed by atoms with Gasteiger partial charge in [0.1, 0.15) is 0 Å². The van der Waals surface area contributed by atoms with Gasteiger partial charge in [0, 0.05) is 19.1 Å². The van der Waals surface area contributed by atoms with Crippen LogP contribution in [0.5, 0.6) is 5.88 Å². The number of carbonyl (C=O) groups excluding carboxylic acids is 1. The van der Waals surface area contributed by atoms with E-state index in [1.165, 1.54) is 12.8 Å². The van der Waals surface area contributed by atoms with Crippen molar-refractivity contribution in [3.8, 4) is 5.88 Å². The largest absolute Gasteiger partial charge is 0.476 e. The molecule has 3 heterocycles. The minimum absolute atomic E-state index is 0.161. The van der Waals surface area contributed by atoms with E-state index in [1.807, 2.05) is 30.0 Å². The molecule has 126 valence electrons. The van der Waals surface area contributed by atoms with Crippen molar-refractivity contribution in [2.75, 3.05) is 29.5 Å². The van der Waals surface area contributed by atoms with E-state index in [0.717, 1.165) is 24.3 Å². The Kier molecular flexibility index (Phi) is 3.88. The maximum absolute atomic E-state index is 13.0. The zero-order valence-corrected chi connectivity index (χ0v) is 13.8. The number of hydrogen-bond acceptors (Lipinski definition) is 5. The maximum Gasteiger partial charge on any atom is 0.297 e. The van der Waals surface area contributed by atoms with Crippen LogP contribution in [-0.2, 0) is 0 Å². The van der Waals surface area contributed by atoms with Crippen LogP contribution in [0.2, 0.25) is 0 Å². The van der Waals surface area contributed by atoms with Crippen LogP contribution in [0.1, 0.15) is 36.7 Å². The summed E-state index contributed by atoms with van der Waals surface area (Å²) in [4.78, 5) is 17.2. The molecule has 0 radical (unpaired) electrons. The highest BCUT2D eigenvalue weighted by Gasteiger charge is 2.36. The number of carbonyl (C=O) groups is 1. The summed E-state index contributed by atoms with van der Waals surface area (Å²) in [5, 5.41) is 3.80. The molecule has 1 saturated heterocycles. The number of aromatic nitrogens is 1.